The maximum atomic E-state index is 12.3. The van der Waals surface area contributed by atoms with Gasteiger partial charge in [-0.3, -0.25) is 14.9 Å². The van der Waals surface area contributed by atoms with Crippen LogP contribution in [-0.4, -0.2) is 43.0 Å². The topological polar surface area (TPSA) is 133 Å². The van der Waals surface area contributed by atoms with Crippen molar-refractivity contribution in [1.29, 1.82) is 0 Å². The van der Waals surface area contributed by atoms with E-state index >= 15 is 0 Å². The number of hydrogen-bond donors (Lipinski definition) is 2. The van der Waals surface area contributed by atoms with Crippen LogP contribution in [-0.2, 0) is 0 Å². The monoisotopic (exact) mass is 389 g/mol. The molecule has 2 aromatic rings. The fourth-order valence-corrected chi connectivity index (χ4v) is 2.26. The van der Waals surface area contributed by atoms with Crippen LogP contribution in [0.1, 0.15) is 22.8 Å². The summed E-state index contributed by atoms with van der Waals surface area (Å²) in [5, 5.41) is 24.7. The number of nitrogens with zero attached hydrogens (tertiary/aromatic N) is 2. The molecule has 28 heavy (non-hydrogen) atoms. The molecule has 0 aromatic heterocycles. The molecule has 0 heterocycles. The Kier molecular flexibility index (Phi) is 6.74. The highest BCUT2D eigenvalue weighted by Crippen LogP contribution is 2.36. The Morgan fingerprint density at radius 3 is 2.39 bits per heavy atom. The minimum Gasteiger partial charge on any atom is -0.500 e. The standard InChI is InChI=1S/C18H19N3O7/c1-4-28-16-6-11(5-15(17(16)22)21(24)25)10-19-20-18(23)12-7-13(26-2)9-14(8-12)27-3/h5-10,22H,4H2,1-3H3,(H,20,23)/b19-10-. The minimum atomic E-state index is -0.740. The number of phenolic OH excluding ortho intramolecular Hbond substituents is 1. The normalized spacial score (nSPS) is 10.5. The molecule has 148 valence electrons. The number of carbonyl (C=O) groups is 1. The van der Waals surface area contributed by atoms with Gasteiger partial charge < -0.3 is 19.3 Å². The third-order valence-electron chi connectivity index (χ3n) is 3.57. The molecular weight excluding hydrogens is 370 g/mol. The molecule has 0 aliphatic carbocycles. The number of methoxy groups -OCH3 is 2. The maximum Gasteiger partial charge on any atom is 0.315 e. The Morgan fingerprint density at radius 2 is 1.86 bits per heavy atom. The largest absolute Gasteiger partial charge is 0.500 e. The van der Waals surface area contributed by atoms with E-state index in [4.69, 9.17) is 14.2 Å². The van der Waals surface area contributed by atoms with Gasteiger partial charge in [-0.05, 0) is 25.1 Å². The number of ether oxygens (including phenoxy) is 3. The van der Waals surface area contributed by atoms with E-state index in [2.05, 4.69) is 10.5 Å². The van der Waals surface area contributed by atoms with Crippen LogP contribution in [0.15, 0.2) is 35.4 Å². The first-order chi connectivity index (χ1) is 13.4. The third kappa shape index (κ3) is 4.87. The van der Waals surface area contributed by atoms with E-state index in [9.17, 15) is 20.0 Å². The number of hydrazone groups is 1. The van der Waals surface area contributed by atoms with Gasteiger partial charge in [0.2, 0.25) is 5.75 Å². The first-order valence-corrected chi connectivity index (χ1v) is 8.10. The van der Waals surface area contributed by atoms with E-state index in [-0.39, 0.29) is 23.5 Å². The molecule has 1 amide bonds. The highest BCUT2D eigenvalue weighted by molar-refractivity contribution is 5.95. The average molecular weight is 389 g/mol. The van der Waals surface area contributed by atoms with Crippen molar-refractivity contribution in [3.05, 3.63) is 51.6 Å². The molecule has 0 radical (unpaired) electrons. The van der Waals surface area contributed by atoms with Gasteiger partial charge in [0.1, 0.15) is 11.5 Å². The van der Waals surface area contributed by atoms with Crippen molar-refractivity contribution >= 4 is 17.8 Å². The molecule has 2 rings (SSSR count). The zero-order valence-electron chi connectivity index (χ0n) is 15.5. The van der Waals surface area contributed by atoms with Gasteiger partial charge >= 0.3 is 5.69 Å². The molecule has 0 spiro atoms. The zero-order valence-corrected chi connectivity index (χ0v) is 15.5. The Balaban J connectivity index is 2.22. The molecule has 0 bridgehead atoms. The van der Waals surface area contributed by atoms with Crippen LogP contribution in [0, 0.1) is 10.1 Å². The summed E-state index contributed by atoms with van der Waals surface area (Å²) in [6.07, 6.45) is 1.20. The molecule has 0 fully saturated rings. The summed E-state index contributed by atoms with van der Waals surface area (Å²) in [6, 6.07) is 7.11. The summed E-state index contributed by atoms with van der Waals surface area (Å²) >= 11 is 0. The van der Waals surface area contributed by atoms with E-state index in [0.717, 1.165) is 6.07 Å². The van der Waals surface area contributed by atoms with Gasteiger partial charge in [0.15, 0.2) is 5.75 Å². The predicted octanol–water partition coefficient (Wildman–Crippen LogP) is 2.48. The fraction of sp³-hybridized carbons (Fsp3) is 0.222. The molecule has 0 atom stereocenters. The minimum absolute atomic E-state index is 0.0537. The lowest BCUT2D eigenvalue weighted by Crippen LogP contribution is -2.17. The first kappa shape index (κ1) is 20.5. The van der Waals surface area contributed by atoms with Gasteiger partial charge in [-0.2, -0.15) is 5.10 Å². The highest BCUT2D eigenvalue weighted by atomic mass is 16.6. The lowest BCUT2D eigenvalue weighted by atomic mass is 10.2. The Morgan fingerprint density at radius 1 is 1.21 bits per heavy atom. The third-order valence-corrected chi connectivity index (χ3v) is 3.57. The molecule has 2 N–H and O–H groups in total. The van der Waals surface area contributed by atoms with Crippen molar-refractivity contribution in [1.82, 2.24) is 5.43 Å². The highest BCUT2D eigenvalue weighted by Gasteiger charge is 2.19. The molecular formula is C18H19N3O7. The lowest BCUT2D eigenvalue weighted by molar-refractivity contribution is -0.386. The molecule has 2 aromatic carbocycles. The van der Waals surface area contributed by atoms with Crippen LogP contribution >= 0.6 is 0 Å². The van der Waals surface area contributed by atoms with E-state index in [1.54, 1.807) is 13.0 Å². The van der Waals surface area contributed by atoms with Crippen LogP contribution < -0.4 is 19.6 Å². The second-order valence-electron chi connectivity index (χ2n) is 5.38. The van der Waals surface area contributed by atoms with Crippen molar-refractivity contribution < 1.29 is 29.0 Å². The van der Waals surface area contributed by atoms with Crippen molar-refractivity contribution in [3.63, 3.8) is 0 Å². The van der Waals surface area contributed by atoms with E-state index in [1.807, 2.05) is 0 Å². The molecule has 0 saturated heterocycles. The number of nitro groups is 1. The zero-order chi connectivity index (χ0) is 20.7. The van der Waals surface area contributed by atoms with Gasteiger partial charge in [0, 0.05) is 23.3 Å². The number of hydrogen-bond acceptors (Lipinski definition) is 8. The fourth-order valence-electron chi connectivity index (χ4n) is 2.26. The molecule has 0 unspecified atom stereocenters. The average Bonchev–Trinajstić information content (AvgIpc) is 2.69. The van der Waals surface area contributed by atoms with E-state index < -0.39 is 22.3 Å². The van der Waals surface area contributed by atoms with Crippen LogP contribution in [0.2, 0.25) is 0 Å². The summed E-state index contributed by atoms with van der Waals surface area (Å²) < 4.78 is 15.4. The van der Waals surface area contributed by atoms with Crippen molar-refractivity contribution in [2.45, 2.75) is 6.92 Å². The number of carbonyl (C=O) groups excluding carboxylic acids is 1. The molecule has 0 aliphatic rings. The van der Waals surface area contributed by atoms with Crippen molar-refractivity contribution in [2.75, 3.05) is 20.8 Å². The molecule has 10 nitrogen and oxygen atoms in total. The number of benzene rings is 2. The van der Waals surface area contributed by atoms with E-state index in [1.165, 1.54) is 38.6 Å². The smallest absolute Gasteiger partial charge is 0.315 e. The van der Waals surface area contributed by atoms with Crippen LogP contribution in [0.5, 0.6) is 23.0 Å². The lowest BCUT2D eigenvalue weighted by Gasteiger charge is -2.08. The maximum absolute atomic E-state index is 12.3. The van der Waals surface area contributed by atoms with Crippen LogP contribution in [0.25, 0.3) is 0 Å². The second-order valence-corrected chi connectivity index (χ2v) is 5.38. The summed E-state index contributed by atoms with van der Waals surface area (Å²) in [7, 11) is 2.92. The number of rotatable bonds is 8. The number of nitrogens with one attached hydrogen (secondary N) is 1. The van der Waals surface area contributed by atoms with Gasteiger partial charge in [0.05, 0.1) is 32.0 Å². The van der Waals surface area contributed by atoms with Crippen LogP contribution in [0.3, 0.4) is 0 Å². The molecule has 0 aliphatic heterocycles. The number of phenols is 1. The predicted molar refractivity (Wildman–Crippen MR) is 101 cm³/mol. The summed E-state index contributed by atoms with van der Waals surface area (Å²) in [6.45, 7) is 1.88. The molecule has 10 heteroatoms. The van der Waals surface area contributed by atoms with Gasteiger partial charge in [-0.15, -0.1) is 0 Å². The quantitative estimate of drug-likeness (QED) is 0.402. The van der Waals surface area contributed by atoms with Crippen molar-refractivity contribution in [2.24, 2.45) is 5.10 Å². The van der Waals surface area contributed by atoms with Crippen molar-refractivity contribution in [3.8, 4) is 23.0 Å². The summed E-state index contributed by atoms with van der Waals surface area (Å²) in [4.78, 5) is 22.6. The molecule has 0 saturated carbocycles. The van der Waals surface area contributed by atoms with E-state index in [0.29, 0.717) is 11.5 Å². The Labute approximate surface area is 160 Å². The van der Waals surface area contributed by atoms with Gasteiger partial charge in [-0.25, -0.2) is 5.43 Å². The SMILES string of the molecule is CCOc1cc(/C=N\NC(=O)c2cc(OC)cc(OC)c2)cc([N+](=O)[O-])c1O. The number of nitro benzene ring substituents is 1. The summed E-state index contributed by atoms with van der Waals surface area (Å²) in [5.41, 5.74) is 2.29. The first-order valence-electron chi connectivity index (χ1n) is 8.10. The number of aromatic hydroxyl groups is 1. The summed E-state index contributed by atoms with van der Waals surface area (Å²) in [5.74, 6) is -0.293. The van der Waals surface area contributed by atoms with Gasteiger partial charge in [-0.1, -0.05) is 0 Å². The number of amides is 1. The second kappa shape index (κ2) is 9.21. The van der Waals surface area contributed by atoms with Crippen LogP contribution in [0.4, 0.5) is 5.69 Å². The van der Waals surface area contributed by atoms with Gasteiger partial charge in [0.25, 0.3) is 5.91 Å². The Hall–Kier alpha value is -3.82. The Bertz CT molecular complexity index is 890.